The van der Waals surface area contributed by atoms with E-state index in [4.69, 9.17) is 0 Å². The highest BCUT2D eigenvalue weighted by Crippen LogP contribution is 2.19. The molecule has 0 aliphatic rings. The van der Waals surface area contributed by atoms with Crippen LogP contribution >= 0.6 is 11.5 Å². The molecule has 0 bridgehead atoms. The van der Waals surface area contributed by atoms with Gasteiger partial charge in [-0.25, -0.2) is 4.39 Å². The van der Waals surface area contributed by atoms with E-state index in [-0.39, 0.29) is 16.9 Å². The van der Waals surface area contributed by atoms with Gasteiger partial charge in [0.2, 0.25) is 0 Å². The molecule has 1 aromatic heterocycles. The minimum absolute atomic E-state index is 0.0514. The number of hydrogen-bond donors (Lipinski definition) is 1. The summed E-state index contributed by atoms with van der Waals surface area (Å²) in [7, 11) is 0. The normalized spacial score (nSPS) is 11.0. The number of carbonyl (C=O) groups is 1. The first-order valence-electron chi connectivity index (χ1n) is 8.78. The molecule has 136 valence electrons. The fourth-order valence-electron chi connectivity index (χ4n) is 2.85. The van der Waals surface area contributed by atoms with Crippen molar-refractivity contribution in [2.24, 2.45) is 0 Å². The molecule has 0 spiro atoms. The van der Waals surface area contributed by atoms with Crippen molar-refractivity contribution in [3.63, 3.8) is 0 Å². The van der Waals surface area contributed by atoms with Crippen LogP contribution in [0.4, 0.5) is 4.39 Å². The maximum absolute atomic E-state index is 13.7. The second-order valence-corrected chi connectivity index (χ2v) is 7.21. The van der Waals surface area contributed by atoms with E-state index in [0.717, 1.165) is 25.7 Å². The average Bonchev–Trinajstić information content (AvgIpc) is 2.98. The molecule has 0 radical (unpaired) electrons. The minimum atomic E-state index is -0.448. The molecule has 1 heterocycles. The Labute approximate surface area is 155 Å². The van der Waals surface area contributed by atoms with Crippen molar-refractivity contribution in [3.05, 3.63) is 70.3 Å². The summed E-state index contributed by atoms with van der Waals surface area (Å²) in [6, 6.07) is 13.9. The summed E-state index contributed by atoms with van der Waals surface area (Å²) in [6.45, 7) is 1.25. The van der Waals surface area contributed by atoms with Crippen LogP contribution in [-0.4, -0.2) is 16.4 Å². The van der Waals surface area contributed by atoms with Gasteiger partial charge in [-0.1, -0.05) is 48.6 Å². The van der Waals surface area contributed by atoms with Crippen molar-refractivity contribution in [1.82, 2.24) is 9.27 Å². The monoisotopic (exact) mass is 372 g/mol. The zero-order valence-corrected chi connectivity index (χ0v) is 15.2. The molecule has 1 N–H and O–H groups in total. The fraction of sp³-hybridized carbons (Fsp3) is 0.300. The average molecular weight is 372 g/mol. The van der Waals surface area contributed by atoms with Crippen LogP contribution in [0, 0.1) is 5.82 Å². The van der Waals surface area contributed by atoms with E-state index < -0.39 is 5.82 Å². The second-order valence-electron chi connectivity index (χ2n) is 6.15. The summed E-state index contributed by atoms with van der Waals surface area (Å²) in [5.41, 5.74) is 0.432. The molecule has 26 heavy (non-hydrogen) atoms. The van der Waals surface area contributed by atoms with Crippen LogP contribution < -0.4 is 10.9 Å². The van der Waals surface area contributed by atoms with Crippen LogP contribution in [0.2, 0.25) is 0 Å². The zero-order chi connectivity index (χ0) is 18.4. The molecule has 0 aliphatic carbocycles. The van der Waals surface area contributed by atoms with Crippen molar-refractivity contribution >= 4 is 27.5 Å². The van der Waals surface area contributed by atoms with Crippen LogP contribution in [0.15, 0.2) is 53.3 Å². The van der Waals surface area contributed by atoms with Crippen LogP contribution in [-0.2, 0) is 6.54 Å². The number of nitrogens with one attached hydrogen (secondary N) is 1. The topological polar surface area (TPSA) is 51.1 Å². The van der Waals surface area contributed by atoms with Crippen molar-refractivity contribution in [3.8, 4) is 0 Å². The number of aryl methyl sites for hydroxylation is 1. The molecular formula is C20H21FN2O2S. The summed E-state index contributed by atoms with van der Waals surface area (Å²) in [5.74, 6) is -0.499. The number of hydrogen-bond acceptors (Lipinski definition) is 3. The lowest BCUT2D eigenvalue weighted by Crippen LogP contribution is -2.24. The van der Waals surface area contributed by atoms with Gasteiger partial charge in [-0.05, 0) is 37.1 Å². The largest absolute Gasteiger partial charge is 0.352 e. The number of fused-ring (bicyclic) bond motifs is 1. The molecule has 0 aliphatic heterocycles. The van der Waals surface area contributed by atoms with E-state index in [9.17, 15) is 14.0 Å². The van der Waals surface area contributed by atoms with Gasteiger partial charge in [-0.15, -0.1) is 0 Å². The first-order chi connectivity index (χ1) is 12.7. The maximum atomic E-state index is 13.7. The molecule has 2 aromatic carbocycles. The van der Waals surface area contributed by atoms with E-state index in [2.05, 4.69) is 5.32 Å². The van der Waals surface area contributed by atoms with Gasteiger partial charge in [0.05, 0.1) is 10.1 Å². The Balaban J connectivity index is 1.37. The predicted molar refractivity (Wildman–Crippen MR) is 103 cm³/mol. The van der Waals surface area contributed by atoms with Gasteiger partial charge in [-0.2, -0.15) is 0 Å². The van der Waals surface area contributed by atoms with Gasteiger partial charge in [0, 0.05) is 18.7 Å². The Morgan fingerprint density at radius 3 is 2.54 bits per heavy atom. The number of halogens is 1. The lowest BCUT2D eigenvalue weighted by atomic mass is 10.2. The third kappa shape index (κ3) is 4.38. The fourth-order valence-corrected chi connectivity index (χ4v) is 3.90. The quantitative estimate of drug-likeness (QED) is 0.603. The molecule has 0 fully saturated rings. The summed E-state index contributed by atoms with van der Waals surface area (Å²) in [6.07, 6.45) is 3.70. The third-order valence-corrected chi connectivity index (χ3v) is 5.34. The molecular weight excluding hydrogens is 351 g/mol. The first-order valence-corrected chi connectivity index (χ1v) is 9.56. The van der Waals surface area contributed by atoms with Gasteiger partial charge in [-0.3, -0.25) is 13.5 Å². The number of aromatic nitrogens is 1. The smallest absolute Gasteiger partial charge is 0.271 e. The van der Waals surface area contributed by atoms with Crippen molar-refractivity contribution < 1.29 is 9.18 Å². The first kappa shape index (κ1) is 18.3. The SMILES string of the molecule is O=C(NCCCCCCn1sc2cccc(F)c2c1=O)c1ccccc1. The number of rotatable bonds is 8. The Hall–Kier alpha value is -2.47. The van der Waals surface area contributed by atoms with Crippen molar-refractivity contribution in [1.29, 1.82) is 0 Å². The van der Waals surface area contributed by atoms with E-state index in [0.29, 0.717) is 23.4 Å². The molecule has 4 nitrogen and oxygen atoms in total. The summed E-state index contributed by atoms with van der Waals surface area (Å²) in [4.78, 5) is 24.1. The summed E-state index contributed by atoms with van der Waals surface area (Å²) < 4.78 is 16.1. The number of benzene rings is 2. The lowest BCUT2D eigenvalue weighted by Gasteiger charge is -2.05. The van der Waals surface area contributed by atoms with E-state index in [1.54, 1.807) is 28.2 Å². The molecule has 0 saturated heterocycles. The lowest BCUT2D eigenvalue weighted by molar-refractivity contribution is 0.0953. The zero-order valence-electron chi connectivity index (χ0n) is 14.4. The highest BCUT2D eigenvalue weighted by atomic mass is 32.1. The molecule has 0 unspecified atom stereocenters. The van der Waals surface area contributed by atoms with E-state index >= 15 is 0 Å². The highest BCUT2D eigenvalue weighted by molar-refractivity contribution is 7.13. The van der Waals surface area contributed by atoms with Crippen molar-refractivity contribution in [2.75, 3.05) is 6.54 Å². The van der Waals surface area contributed by atoms with Crippen LogP contribution in [0.3, 0.4) is 0 Å². The summed E-state index contributed by atoms with van der Waals surface area (Å²) >= 11 is 1.32. The highest BCUT2D eigenvalue weighted by Gasteiger charge is 2.11. The standard InChI is InChI=1S/C20H21FN2O2S/c21-16-11-8-12-17-18(16)20(25)23(26-17)14-7-2-1-6-13-22-19(24)15-9-4-3-5-10-15/h3-5,8-12H,1-2,6-7,13-14H2,(H,22,24). The van der Waals surface area contributed by atoms with Crippen LogP contribution in [0.1, 0.15) is 36.0 Å². The van der Waals surface area contributed by atoms with Gasteiger partial charge >= 0.3 is 0 Å². The van der Waals surface area contributed by atoms with Gasteiger partial charge in [0.15, 0.2) is 0 Å². The Bertz CT molecular complexity index is 934. The molecule has 0 atom stereocenters. The minimum Gasteiger partial charge on any atom is -0.352 e. The van der Waals surface area contributed by atoms with Gasteiger partial charge in [0.1, 0.15) is 5.82 Å². The molecule has 3 rings (SSSR count). The second kappa shape index (κ2) is 8.76. The van der Waals surface area contributed by atoms with E-state index in [1.165, 1.54) is 17.6 Å². The van der Waals surface area contributed by atoms with Crippen molar-refractivity contribution in [2.45, 2.75) is 32.2 Å². The van der Waals surface area contributed by atoms with Crippen LogP contribution in [0.25, 0.3) is 10.1 Å². The number of unbranched alkanes of at least 4 members (excludes halogenated alkanes) is 3. The molecule has 1 amide bonds. The predicted octanol–water partition coefficient (Wildman–Crippen LogP) is 4.19. The Morgan fingerprint density at radius 1 is 1.00 bits per heavy atom. The Morgan fingerprint density at radius 2 is 1.77 bits per heavy atom. The van der Waals surface area contributed by atoms with Gasteiger partial charge in [0.25, 0.3) is 11.5 Å². The third-order valence-electron chi connectivity index (χ3n) is 4.23. The number of carbonyl (C=O) groups excluding carboxylic acids is 1. The maximum Gasteiger partial charge on any atom is 0.271 e. The number of nitrogens with zero attached hydrogens (tertiary/aromatic N) is 1. The Kier molecular flexibility index (Phi) is 6.17. The number of amides is 1. The molecule has 0 saturated carbocycles. The van der Waals surface area contributed by atoms with Crippen LogP contribution in [0.5, 0.6) is 0 Å². The summed E-state index contributed by atoms with van der Waals surface area (Å²) in [5, 5.41) is 3.10. The van der Waals surface area contributed by atoms with Gasteiger partial charge < -0.3 is 5.32 Å². The molecule has 3 aromatic rings. The van der Waals surface area contributed by atoms with E-state index in [1.807, 2.05) is 18.2 Å². The molecule has 6 heteroatoms.